The van der Waals surface area contributed by atoms with Crippen molar-refractivity contribution < 1.29 is 13.5 Å². The summed E-state index contributed by atoms with van der Waals surface area (Å²) in [7, 11) is 1.41. The molecule has 2 nitrogen and oxygen atoms in total. The lowest BCUT2D eigenvalue weighted by Gasteiger charge is -2.08. The van der Waals surface area contributed by atoms with E-state index in [1.54, 1.807) is 18.2 Å². The van der Waals surface area contributed by atoms with Crippen LogP contribution in [0, 0.1) is 5.82 Å². The molecule has 0 aliphatic rings. The van der Waals surface area contributed by atoms with Gasteiger partial charge in [-0.05, 0) is 41.4 Å². The van der Waals surface area contributed by atoms with Crippen molar-refractivity contribution in [3.63, 3.8) is 0 Å². The number of ether oxygens (including phenoxy) is 1. The second-order valence-corrected chi connectivity index (χ2v) is 4.21. The van der Waals surface area contributed by atoms with E-state index in [0.29, 0.717) is 11.3 Å². The van der Waals surface area contributed by atoms with E-state index in [0.717, 1.165) is 0 Å². The predicted octanol–water partition coefficient (Wildman–Crippen LogP) is 4.41. The number of hydrogen-bond donors (Lipinski definition) is 0. The fourth-order valence-corrected chi connectivity index (χ4v) is 1.87. The van der Waals surface area contributed by atoms with Crippen LogP contribution in [0.2, 0.25) is 5.22 Å². The van der Waals surface area contributed by atoms with Crippen molar-refractivity contribution in [3.05, 3.63) is 52.7 Å². The lowest BCUT2D eigenvalue weighted by molar-refractivity contribution is 0.386. The van der Waals surface area contributed by atoms with Crippen molar-refractivity contribution in [2.24, 2.45) is 0 Å². The SMILES string of the molecule is COc1ccc(C(Cl)c2ccc(Cl)o2)cc1F. The Morgan fingerprint density at radius 3 is 2.59 bits per heavy atom. The molecular weight excluding hydrogens is 266 g/mol. The minimum atomic E-state index is -0.581. The third-order valence-electron chi connectivity index (χ3n) is 2.31. The molecule has 1 unspecified atom stereocenters. The quantitative estimate of drug-likeness (QED) is 0.774. The van der Waals surface area contributed by atoms with Gasteiger partial charge in [0.15, 0.2) is 16.8 Å². The van der Waals surface area contributed by atoms with Crippen LogP contribution in [0.25, 0.3) is 0 Å². The Bertz CT molecular complexity index is 525. The molecule has 0 saturated heterocycles. The van der Waals surface area contributed by atoms with Gasteiger partial charge in [0.2, 0.25) is 0 Å². The van der Waals surface area contributed by atoms with E-state index >= 15 is 0 Å². The van der Waals surface area contributed by atoms with E-state index in [9.17, 15) is 4.39 Å². The van der Waals surface area contributed by atoms with Gasteiger partial charge in [0.05, 0.1) is 7.11 Å². The van der Waals surface area contributed by atoms with Gasteiger partial charge in [-0.15, -0.1) is 11.6 Å². The van der Waals surface area contributed by atoms with Crippen LogP contribution in [0.5, 0.6) is 5.75 Å². The molecule has 90 valence electrons. The Kier molecular flexibility index (Phi) is 3.60. The topological polar surface area (TPSA) is 22.4 Å². The molecule has 1 aromatic heterocycles. The Morgan fingerprint density at radius 2 is 2.06 bits per heavy atom. The van der Waals surface area contributed by atoms with Crippen molar-refractivity contribution in [2.45, 2.75) is 5.38 Å². The molecule has 0 saturated carbocycles. The highest BCUT2D eigenvalue weighted by Gasteiger charge is 2.16. The predicted molar refractivity (Wildman–Crippen MR) is 64.4 cm³/mol. The largest absolute Gasteiger partial charge is 0.494 e. The lowest BCUT2D eigenvalue weighted by Crippen LogP contribution is -1.94. The molecule has 0 bridgehead atoms. The molecule has 0 amide bonds. The van der Waals surface area contributed by atoms with Crippen LogP contribution in [-0.4, -0.2) is 7.11 Å². The molecule has 0 fully saturated rings. The highest BCUT2D eigenvalue weighted by atomic mass is 35.5. The van der Waals surface area contributed by atoms with Crippen LogP contribution in [0.3, 0.4) is 0 Å². The zero-order valence-electron chi connectivity index (χ0n) is 8.91. The number of methoxy groups -OCH3 is 1. The van der Waals surface area contributed by atoms with E-state index in [2.05, 4.69) is 0 Å². The van der Waals surface area contributed by atoms with Gasteiger partial charge < -0.3 is 9.15 Å². The minimum absolute atomic E-state index is 0.176. The molecule has 0 radical (unpaired) electrons. The molecule has 0 aliphatic heterocycles. The van der Waals surface area contributed by atoms with Crippen molar-refractivity contribution >= 4 is 23.2 Å². The summed E-state index contributed by atoms with van der Waals surface area (Å²) in [4.78, 5) is 0. The zero-order valence-corrected chi connectivity index (χ0v) is 10.4. The van der Waals surface area contributed by atoms with Crippen LogP contribution in [-0.2, 0) is 0 Å². The summed E-state index contributed by atoms with van der Waals surface area (Å²) in [6.07, 6.45) is 0. The van der Waals surface area contributed by atoms with Crippen LogP contribution >= 0.6 is 23.2 Å². The second kappa shape index (κ2) is 4.98. The van der Waals surface area contributed by atoms with Gasteiger partial charge in [-0.1, -0.05) is 6.07 Å². The van der Waals surface area contributed by atoms with E-state index in [1.165, 1.54) is 19.2 Å². The second-order valence-electron chi connectivity index (χ2n) is 3.40. The van der Waals surface area contributed by atoms with Gasteiger partial charge in [-0.2, -0.15) is 0 Å². The van der Waals surface area contributed by atoms with Crippen LogP contribution < -0.4 is 4.74 Å². The first-order valence-electron chi connectivity index (χ1n) is 4.84. The first kappa shape index (κ1) is 12.3. The van der Waals surface area contributed by atoms with Crippen molar-refractivity contribution in [1.82, 2.24) is 0 Å². The summed E-state index contributed by atoms with van der Waals surface area (Å²) in [5.74, 6) is 0.185. The van der Waals surface area contributed by atoms with E-state index < -0.39 is 11.2 Å². The molecule has 0 aliphatic carbocycles. The van der Waals surface area contributed by atoms with Crippen LogP contribution in [0.15, 0.2) is 34.7 Å². The average Bonchev–Trinajstić information content (AvgIpc) is 2.75. The summed E-state index contributed by atoms with van der Waals surface area (Å²) in [6, 6.07) is 7.75. The Hall–Kier alpha value is -1.19. The first-order chi connectivity index (χ1) is 8.11. The van der Waals surface area contributed by atoms with Gasteiger partial charge in [-0.25, -0.2) is 4.39 Å². The minimum Gasteiger partial charge on any atom is -0.494 e. The zero-order chi connectivity index (χ0) is 12.4. The number of benzene rings is 1. The molecule has 2 aromatic rings. The molecule has 5 heteroatoms. The highest BCUT2D eigenvalue weighted by Crippen LogP contribution is 2.33. The number of furan rings is 1. The fraction of sp³-hybridized carbons (Fsp3) is 0.167. The normalized spacial score (nSPS) is 12.5. The number of hydrogen-bond acceptors (Lipinski definition) is 2. The smallest absolute Gasteiger partial charge is 0.193 e. The first-order valence-corrected chi connectivity index (χ1v) is 5.66. The van der Waals surface area contributed by atoms with Gasteiger partial charge in [0.25, 0.3) is 0 Å². The van der Waals surface area contributed by atoms with E-state index in [1.807, 2.05) is 0 Å². The Balaban J connectivity index is 2.31. The summed E-state index contributed by atoms with van der Waals surface area (Å²) >= 11 is 11.8. The summed E-state index contributed by atoms with van der Waals surface area (Å²) in [5, 5.41) is -0.331. The van der Waals surface area contributed by atoms with E-state index in [4.69, 9.17) is 32.4 Å². The monoisotopic (exact) mass is 274 g/mol. The molecule has 0 N–H and O–H groups in total. The van der Waals surface area contributed by atoms with Crippen molar-refractivity contribution in [1.29, 1.82) is 0 Å². The third-order valence-corrected chi connectivity index (χ3v) is 2.98. The van der Waals surface area contributed by atoms with Gasteiger partial charge in [0.1, 0.15) is 11.1 Å². The molecular formula is C12H9Cl2FO2. The van der Waals surface area contributed by atoms with Gasteiger partial charge in [0, 0.05) is 0 Å². The van der Waals surface area contributed by atoms with Crippen molar-refractivity contribution in [2.75, 3.05) is 7.11 Å². The van der Waals surface area contributed by atoms with Crippen LogP contribution in [0.4, 0.5) is 4.39 Å². The Labute approximate surface area is 108 Å². The van der Waals surface area contributed by atoms with Gasteiger partial charge >= 0.3 is 0 Å². The molecule has 2 rings (SSSR count). The Morgan fingerprint density at radius 1 is 1.29 bits per heavy atom. The number of halogens is 3. The maximum absolute atomic E-state index is 13.5. The summed E-state index contributed by atoms with van der Waals surface area (Å²) in [6.45, 7) is 0. The third kappa shape index (κ3) is 2.56. The maximum atomic E-state index is 13.5. The number of rotatable bonds is 3. The maximum Gasteiger partial charge on any atom is 0.193 e. The van der Waals surface area contributed by atoms with Gasteiger partial charge in [-0.3, -0.25) is 0 Å². The number of alkyl halides is 1. The molecule has 1 aromatic carbocycles. The van der Waals surface area contributed by atoms with Crippen molar-refractivity contribution in [3.8, 4) is 5.75 Å². The fourth-order valence-electron chi connectivity index (χ4n) is 1.47. The lowest BCUT2D eigenvalue weighted by atomic mass is 10.1. The summed E-state index contributed by atoms with van der Waals surface area (Å²) < 4.78 is 23.5. The van der Waals surface area contributed by atoms with E-state index in [-0.39, 0.29) is 11.0 Å². The molecule has 0 spiro atoms. The highest BCUT2D eigenvalue weighted by molar-refractivity contribution is 6.29. The molecule has 17 heavy (non-hydrogen) atoms. The standard InChI is InChI=1S/C12H9Cl2FO2/c1-16-9-3-2-7(6-8(9)15)12(14)10-4-5-11(13)17-10/h2-6,12H,1H3. The average molecular weight is 275 g/mol. The molecule has 1 atom stereocenters. The van der Waals surface area contributed by atoms with Crippen LogP contribution in [0.1, 0.15) is 16.7 Å². The molecule has 1 heterocycles. The summed E-state index contributed by atoms with van der Waals surface area (Å²) in [5.41, 5.74) is 0.580.